The van der Waals surface area contributed by atoms with E-state index in [1.54, 1.807) is 0 Å². The van der Waals surface area contributed by atoms with Crippen LogP contribution in [-0.2, 0) is 0 Å². The Bertz CT molecular complexity index is 951. The molecular weight excluding hydrogens is 314 g/mol. The fourth-order valence-corrected chi connectivity index (χ4v) is 2.58. The molecular formula is C20H21N3O2. The van der Waals surface area contributed by atoms with Gasteiger partial charge < -0.3 is 10.1 Å². The lowest BCUT2D eigenvalue weighted by Crippen LogP contribution is -2.17. The summed E-state index contributed by atoms with van der Waals surface area (Å²) in [6.07, 6.45) is 0. The lowest BCUT2D eigenvalue weighted by molar-refractivity contribution is 0.101. The van der Waals surface area contributed by atoms with Crippen LogP contribution in [0.25, 0.3) is 11.0 Å². The summed E-state index contributed by atoms with van der Waals surface area (Å²) in [6.45, 7) is 8.25. The van der Waals surface area contributed by atoms with Crippen LogP contribution in [0.3, 0.4) is 0 Å². The van der Waals surface area contributed by atoms with Gasteiger partial charge in [-0.15, -0.1) is 0 Å². The normalized spacial score (nSPS) is 10.7. The first-order valence-electron chi connectivity index (χ1n) is 8.28. The molecule has 0 spiro atoms. The first-order valence-corrected chi connectivity index (χ1v) is 8.28. The van der Waals surface area contributed by atoms with Crippen LogP contribution in [-0.4, -0.2) is 22.5 Å². The number of hydrogen-bond acceptors (Lipinski definition) is 4. The van der Waals surface area contributed by atoms with Crippen molar-refractivity contribution in [1.82, 2.24) is 9.97 Å². The van der Waals surface area contributed by atoms with E-state index < -0.39 is 0 Å². The van der Waals surface area contributed by atoms with Crippen LogP contribution in [0.5, 0.6) is 5.88 Å². The molecule has 5 heteroatoms. The number of hydrogen-bond donors (Lipinski definition) is 1. The molecule has 3 rings (SSSR count). The van der Waals surface area contributed by atoms with Crippen LogP contribution in [0, 0.1) is 20.8 Å². The van der Waals surface area contributed by atoms with Gasteiger partial charge in [0.15, 0.2) is 5.69 Å². The van der Waals surface area contributed by atoms with E-state index in [4.69, 9.17) is 4.74 Å². The number of nitrogens with zero attached hydrogens (tertiary/aromatic N) is 2. The molecule has 0 unspecified atom stereocenters. The second kappa shape index (κ2) is 6.89. The number of benzene rings is 2. The average molecular weight is 335 g/mol. The lowest BCUT2D eigenvalue weighted by Gasteiger charge is -2.12. The number of ether oxygens (including phenoxy) is 1. The van der Waals surface area contributed by atoms with Gasteiger partial charge in [0, 0.05) is 5.69 Å². The molecule has 0 aliphatic carbocycles. The number of aromatic nitrogens is 2. The molecule has 0 fully saturated rings. The fourth-order valence-electron chi connectivity index (χ4n) is 2.58. The van der Waals surface area contributed by atoms with Gasteiger partial charge in [0.2, 0.25) is 5.88 Å². The predicted octanol–water partition coefficient (Wildman–Crippen LogP) is 4.21. The Hall–Kier alpha value is -2.95. The van der Waals surface area contributed by atoms with Crippen LogP contribution in [0.2, 0.25) is 0 Å². The molecule has 1 amide bonds. The number of carbonyl (C=O) groups is 1. The number of anilines is 1. The van der Waals surface area contributed by atoms with Gasteiger partial charge in [0.1, 0.15) is 0 Å². The SMILES string of the molecule is CCOc1nc2cc(C)c(C)cc2nc1C(=O)Nc1ccccc1C. The molecule has 1 aromatic heterocycles. The highest BCUT2D eigenvalue weighted by Gasteiger charge is 2.19. The highest BCUT2D eigenvalue weighted by atomic mass is 16.5. The predicted molar refractivity (Wildman–Crippen MR) is 99.3 cm³/mol. The summed E-state index contributed by atoms with van der Waals surface area (Å²) < 4.78 is 5.57. The summed E-state index contributed by atoms with van der Waals surface area (Å²) in [7, 11) is 0. The second-order valence-corrected chi connectivity index (χ2v) is 6.00. The Morgan fingerprint density at radius 2 is 1.64 bits per heavy atom. The number of para-hydroxylation sites is 1. The molecule has 128 valence electrons. The van der Waals surface area contributed by atoms with E-state index in [9.17, 15) is 4.79 Å². The molecule has 0 saturated heterocycles. The smallest absolute Gasteiger partial charge is 0.279 e. The summed E-state index contributed by atoms with van der Waals surface area (Å²) in [4.78, 5) is 21.8. The monoisotopic (exact) mass is 335 g/mol. The molecule has 0 atom stereocenters. The number of nitrogens with one attached hydrogen (secondary N) is 1. The third-order valence-corrected chi connectivity index (χ3v) is 4.14. The van der Waals surface area contributed by atoms with Crippen molar-refractivity contribution < 1.29 is 9.53 Å². The van der Waals surface area contributed by atoms with Gasteiger partial charge in [-0.05, 0) is 62.6 Å². The largest absolute Gasteiger partial charge is 0.476 e. The van der Waals surface area contributed by atoms with Crippen molar-refractivity contribution in [2.24, 2.45) is 0 Å². The van der Waals surface area contributed by atoms with E-state index in [2.05, 4.69) is 15.3 Å². The maximum atomic E-state index is 12.8. The Kier molecular flexibility index (Phi) is 4.65. The standard InChI is InChI=1S/C20H21N3O2/c1-5-25-20-18(19(24)22-15-9-7-6-8-12(15)2)21-16-10-13(3)14(4)11-17(16)23-20/h6-11H,5H2,1-4H3,(H,22,24). The van der Waals surface area contributed by atoms with Crippen LogP contribution in [0.4, 0.5) is 5.69 Å². The maximum Gasteiger partial charge on any atom is 0.279 e. The number of carbonyl (C=O) groups excluding carboxylic acids is 1. The van der Waals surface area contributed by atoms with Crippen molar-refractivity contribution in [2.45, 2.75) is 27.7 Å². The van der Waals surface area contributed by atoms with Gasteiger partial charge in [-0.25, -0.2) is 9.97 Å². The van der Waals surface area contributed by atoms with E-state index >= 15 is 0 Å². The molecule has 0 saturated carbocycles. The number of rotatable bonds is 4. The zero-order chi connectivity index (χ0) is 18.0. The first kappa shape index (κ1) is 16.9. The number of aryl methyl sites for hydroxylation is 3. The topological polar surface area (TPSA) is 64.1 Å². The molecule has 0 aliphatic rings. The second-order valence-electron chi connectivity index (χ2n) is 6.00. The zero-order valence-electron chi connectivity index (χ0n) is 14.9. The summed E-state index contributed by atoms with van der Waals surface area (Å²) in [5, 5.41) is 2.89. The highest BCUT2D eigenvalue weighted by Crippen LogP contribution is 2.23. The molecule has 0 bridgehead atoms. The molecule has 1 heterocycles. The quantitative estimate of drug-likeness (QED) is 0.776. The minimum atomic E-state index is -0.328. The van der Waals surface area contributed by atoms with Crippen molar-refractivity contribution in [3.63, 3.8) is 0 Å². The van der Waals surface area contributed by atoms with Gasteiger partial charge in [0.25, 0.3) is 5.91 Å². The average Bonchev–Trinajstić information content (AvgIpc) is 2.58. The van der Waals surface area contributed by atoms with E-state index in [1.807, 2.05) is 64.1 Å². The molecule has 0 radical (unpaired) electrons. The minimum absolute atomic E-state index is 0.195. The summed E-state index contributed by atoms with van der Waals surface area (Å²) >= 11 is 0. The van der Waals surface area contributed by atoms with Crippen molar-refractivity contribution in [3.8, 4) is 5.88 Å². The number of amides is 1. The Balaban J connectivity index is 2.06. The number of fused-ring (bicyclic) bond motifs is 1. The van der Waals surface area contributed by atoms with Gasteiger partial charge in [-0.3, -0.25) is 4.79 Å². The Labute approximate surface area is 147 Å². The Morgan fingerprint density at radius 3 is 2.28 bits per heavy atom. The van der Waals surface area contributed by atoms with Gasteiger partial charge in [-0.2, -0.15) is 0 Å². The van der Waals surface area contributed by atoms with Crippen molar-refractivity contribution in [1.29, 1.82) is 0 Å². The van der Waals surface area contributed by atoms with Gasteiger partial charge in [-0.1, -0.05) is 18.2 Å². The molecule has 0 aliphatic heterocycles. The summed E-state index contributed by atoms with van der Waals surface area (Å²) in [5.74, 6) is -0.0743. The molecule has 5 nitrogen and oxygen atoms in total. The third kappa shape index (κ3) is 3.45. The van der Waals surface area contributed by atoms with Crippen LogP contribution >= 0.6 is 0 Å². The van der Waals surface area contributed by atoms with Gasteiger partial charge >= 0.3 is 0 Å². The van der Waals surface area contributed by atoms with E-state index in [1.165, 1.54) is 0 Å². The minimum Gasteiger partial charge on any atom is -0.476 e. The van der Waals surface area contributed by atoms with E-state index in [0.29, 0.717) is 12.1 Å². The van der Waals surface area contributed by atoms with Crippen LogP contribution < -0.4 is 10.1 Å². The molecule has 3 aromatic rings. The Morgan fingerprint density at radius 1 is 1.00 bits per heavy atom. The highest BCUT2D eigenvalue weighted by molar-refractivity contribution is 6.05. The summed E-state index contributed by atoms with van der Waals surface area (Å²) in [5.41, 5.74) is 5.56. The zero-order valence-corrected chi connectivity index (χ0v) is 14.9. The van der Waals surface area contributed by atoms with Crippen molar-refractivity contribution in [2.75, 3.05) is 11.9 Å². The van der Waals surface area contributed by atoms with Gasteiger partial charge in [0.05, 0.1) is 17.6 Å². The lowest BCUT2D eigenvalue weighted by atomic mass is 10.1. The van der Waals surface area contributed by atoms with Crippen LogP contribution in [0.1, 0.15) is 34.1 Å². The van der Waals surface area contributed by atoms with E-state index in [0.717, 1.165) is 27.9 Å². The fraction of sp³-hybridized carbons (Fsp3) is 0.250. The molecule has 25 heavy (non-hydrogen) atoms. The molecule has 2 aromatic carbocycles. The van der Waals surface area contributed by atoms with Crippen LogP contribution in [0.15, 0.2) is 36.4 Å². The molecule has 1 N–H and O–H groups in total. The first-order chi connectivity index (χ1) is 12.0. The third-order valence-electron chi connectivity index (χ3n) is 4.14. The van der Waals surface area contributed by atoms with Crippen molar-refractivity contribution >= 4 is 22.6 Å². The summed E-state index contributed by atoms with van der Waals surface area (Å²) in [6, 6.07) is 11.5. The van der Waals surface area contributed by atoms with E-state index in [-0.39, 0.29) is 17.5 Å². The van der Waals surface area contributed by atoms with Crippen molar-refractivity contribution in [3.05, 3.63) is 58.8 Å². The maximum absolute atomic E-state index is 12.8.